The zero-order chi connectivity index (χ0) is 13.9. The van der Waals surface area contributed by atoms with E-state index in [-0.39, 0.29) is 23.5 Å². The molecule has 1 amide bonds. The van der Waals surface area contributed by atoms with Crippen molar-refractivity contribution < 1.29 is 9.53 Å². The third-order valence-corrected chi connectivity index (χ3v) is 4.21. The molecule has 2 saturated heterocycles. The predicted octanol–water partition coefficient (Wildman–Crippen LogP) is 1.70. The lowest BCUT2D eigenvalue weighted by molar-refractivity contribution is -0.124. The molecule has 2 aliphatic heterocycles. The van der Waals surface area contributed by atoms with Crippen LogP contribution in [0, 0.1) is 11.3 Å². The zero-order valence-corrected chi connectivity index (χ0v) is 12.5. The second kappa shape index (κ2) is 6.23. The third kappa shape index (κ3) is 3.93. The average Bonchev–Trinajstić information content (AvgIpc) is 2.89. The summed E-state index contributed by atoms with van der Waals surface area (Å²) in [6.45, 7) is 9.23. The van der Waals surface area contributed by atoms with Crippen LogP contribution in [0.5, 0.6) is 0 Å². The van der Waals surface area contributed by atoms with Crippen LogP contribution in [0.1, 0.15) is 46.5 Å². The summed E-state index contributed by atoms with van der Waals surface area (Å²) in [5.74, 6) is 0.606. The zero-order valence-electron chi connectivity index (χ0n) is 12.5. The van der Waals surface area contributed by atoms with Gasteiger partial charge in [0.05, 0.1) is 12.1 Å². The molecule has 0 bridgehead atoms. The molecule has 0 aromatic carbocycles. The molecular weight excluding hydrogens is 240 g/mol. The maximum absolute atomic E-state index is 12.0. The van der Waals surface area contributed by atoms with E-state index in [1.165, 1.54) is 0 Å². The Kier molecular flexibility index (Phi) is 4.85. The molecule has 0 spiro atoms. The average molecular weight is 268 g/mol. The molecule has 2 fully saturated rings. The summed E-state index contributed by atoms with van der Waals surface area (Å²) < 4.78 is 5.95. The standard InChI is InChI=1S/C15H28N2O2/c1-15(2,3)13-11(6-5-9-19-13)10-17-14(18)12-7-4-8-16-12/h11-13,16H,4-10H2,1-3H3,(H,17,18). The maximum Gasteiger partial charge on any atom is 0.237 e. The van der Waals surface area contributed by atoms with E-state index in [4.69, 9.17) is 4.74 Å². The first-order chi connectivity index (χ1) is 8.98. The van der Waals surface area contributed by atoms with Crippen LogP contribution >= 0.6 is 0 Å². The molecule has 0 radical (unpaired) electrons. The fourth-order valence-electron chi connectivity index (χ4n) is 3.27. The van der Waals surface area contributed by atoms with E-state index < -0.39 is 0 Å². The van der Waals surface area contributed by atoms with Gasteiger partial charge in [-0.3, -0.25) is 4.79 Å². The molecule has 3 atom stereocenters. The van der Waals surface area contributed by atoms with Gasteiger partial charge in [0.25, 0.3) is 0 Å². The summed E-state index contributed by atoms with van der Waals surface area (Å²) in [7, 11) is 0. The van der Waals surface area contributed by atoms with Gasteiger partial charge in [-0.05, 0) is 37.6 Å². The molecule has 2 N–H and O–H groups in total. The second-order valence-corrected chi connectivity index (χ2v) is 6.95. The van der Waals surface area contributed by atoms with Crippen LogP contribution in [0.2, 0.25) is 0 Å². The Balaban J connectivity index is 1.84. The number of hydrogen-bond acceptors (Lipinski definition) is 3. The third-order valence-electron chi connectivity index (χ3n) is 4.21. The normalized spacial score (nSPS) is 32.3. The lowest BCUT2D eigenvalue weighted by atomic mass is 9.78. The van der Waals surface area contributed by atoms with Crippen molar-refractivity contribution in [2.24, 2.45) is 11.3 Å². The number of rotatable bonds is 3. The highest BCUT2D eigenvalue weighted by Crippen LogP contribution is 2.33. The summed E-state index contributed by atoms with van der Waals surface area (Å²) >= 11 is 0. The van der Waals surface area contributed by atoms with Crippen LogP contribution in [-0.2, 0) is 9.53 Å². The van der Waals surface area contributed by atoms with E-state index in [0.717, 1.165) is 45.4 Å². The van der Waals surface area contributed by atoms with E-state index in [9.17, 15) is 4.79 Å². The van der Waals surface area contributed by atoms with Gasteiger partial charge in [-0.15, -0.1) is 0 Å². The highest BCUT2D eigenvalue weighted by atomic mass is 16.5. The van der Waals surface area contributed by atoms with Crippen molar-refractivity contribution in [2.45, 2.75) is 58.6 Å². The highest BCUT2D eigenvalue weighted by molar-refractivity contribution is 5.81. The van der Waals surface area contributed by atoms with Gasteiger partial charge in [-0.1, -0.05) is 20.8 Å². The van der Waals surface area contributed by atoms with Gasteiger partial charge < -0.3 is 15.4 Å². The summed E-state index contributed by atoms with van der Waals surface area (Å²) in [6.07, 6.45) is 4.58. The molecule has 2 rings (SSSR count). The summed E-state index contributed by atoms with van der Waals surface area (Å²) in [5, 5.41) is 6.36. The quantitative estimate of drug-likeness (QED) is 0.819. The van der Waals surface area contributed by atoms with E-state index in [1.54, 1.807) is 0 Å². The number of carbonyl (C=O) groups is 1. The van der Waals surface area contributed by atoms with Crippen LogP contribution in [0.25, 0.3) is 0 Å². The number of amides is 1. The van der Waals surface area contributed by atoms with Crippen molar-refractivity contribution in [3.05, 3.63) is 0 Å². The topological polar surface area (TPSA) is 50.4 Å². The van der Waals surface area contributed by atoms with Crippen LogP contribution < -0.4 is 10.6 Å². The smallest absolute Gasteiger partial charge is 0.237 e. The van der Waals surface area contributed by atoms with Crippen LogP contribution in [-0.4, -0.2) is 37.7 Å². The second-order valence-electron chi connectivity index (χ2n) is 6.95. The molecule has 2 heterocycles. The maximum atomic E-state index is 12.0. The van der Waals surface area contributed by atoms with Gasteiger partial charge in [0, 0.05) is 19.1 Å². The predicted molar refractivity (Wildman–Crippen MR) is 76.0 cm³/mol. The van der Waals surface area contributed by atoms with Crippen LogP contribution in [0.4, 0.5) is 0 Å². The Morgan fingerprint density at radius 3 is 2.74 bits per heavy atom. The Hall–Kier alpha value is -0.610. The minimum absolute atomic E-state index is 0.0256. The van der Waals surface area contributed by atoms with Crippen molar-refractivity contribution in [3.8, 4) is 0 Å². The van der Waals surface area contributed by atoms with Crippen molar-refractivity contribution in [1.29, 1.82) is 0 Å². The summed E-state index contributed by atoms with van der Waals surface area (Å²) in [5.41, 5.74) is 0.140. The van der Waals surface area contributed by atoms with Crippen LogP contribution in [0.3, 0.4) is 0 Å². The number of carbonyl (C=O) groups excluding carboxylic acids is 1. The summed E-state index contributed by atoms with van der Waals surface area (Å²) in [6, 6.07) is 0.0256. The first-order valence-corrected chi connectivity index (χ1v) is 7.61. The number of nitrogens with one attached hydrogen (secondary N) is 2. The first kappa shape index (κ1) is 14.8. The molecule has 110 valence electrons. The van der Waals surface area contributed by atoms with Gasteiger partial charge in [-0.2, -0.15) is 0 Å². The lowest BCUT2D eigenvalue weighted by Gasteiger charge is -2.40. The van der Waals surface area contributed by atoms with Gasteiger partial charge >= 0.3 is 0 Å². The number of hydrogen-bond donors (Lipinski definition) is 2. The lowest BCUT2D eigenvalue weighted by Crippen LogP contribution is -2.48. The van der Waals surface area contributed by atoms with E-state index >= 15 is 0 Å². The Labute approximate surface area is 116 Å². The van der Waals surface area contributed by atoms with Crippen molar-refractivity contribution in [1.82, 2.24) is 10.6 Å². The van der Waals surface area contributed by atoms with Gasteiger partial charge in [-0.25, -0.2) is 0 Å². The molecule has 0 aliphatic carbocycles. The van der Waals surface area contributed by atoms with Gasteiger partial charge in [0.15, 0.2) is 0 Å². The molecule has 19 heavy (non-hydrogen) atoms. The molecule has 0 saturated carbocycles. The SMILES string of the molecule is CC(C)(C)C1OCCCC1CNC(=O)C1CCCN1. The summed E-state index contributed by atoms with van der Waals surface area (Å²) in [4.78, 5) is 12.0. The molecule has 0 aromatic heterocycles. The van der Waals surface area contributed by atoms with Crippen molar-refractivity contribution in [3.63, 3.8) is 0 Å². The fraction of sp³-hybridized carbons (Fsp3) is 0.933. The molecule has 0 aromatic rings. The van der Waals surface area contributed by atoms with Gasteiger partial charge in [0.2, 0.25) is 5.91 Å². The molecule has 4 heteroatoms. The van der Waals surface area contributed by atoms with E-state index in [2.05, 4.69) is 31.4 Å². The van der Waals surface area contributed by atoms with Crippen LogP contribution in [0.15, 0.2) is 0 Å². The molecular formula is C15H28N2O2. The number of ether oxygens (including phenoxy) is 1. The highest BCUT2D eigenvalue weighted by Gasteiger charge is 2.35. The Morgan fingerprint density at radius 1 is 1.32 bits per heavy atom. The minimum atomic E-state index is 0.0256. The molecule has 3 unspecified atom stereocenters. The minimum Gasteiger partial charge on any atom is -0.377 e. The van der Waals surface area contributed by atoms with Gasteiger partial charge in [0.1, 0.15) is 0 Å². The fourth-order valence-corrected chi connectivity index (χ4v) is 3.27. The first-order valence-electron chi connectivity index (χ1n) is 7.61. The Bertz CT molecular complexity index is 306. The molecule has 2 aliphatic rings. The largest absolute Gasteiger partial charge is 0.377 e. The van der Waals surface area contributed by atoms with E-state index in [1.807, 2.05) is 0 Å². The monoisotopic (exact) mass is 268 g/mol. The molecule has 4 nitrogen and oxygen atoms in total. The van der Waals surface area contributed by atoms with Crippen molar-refractivity contribution in [2.75, 3.05) is 19.7 Å². The van der Waals surface area contributed by atoms with Crippen molar-refractivity contribution >= 4 is 5.91 Å². The van der Waals surface area contributed by atoms with E-state index in [0.29, 0.717) is 5.92 Å². The Morgan fingerprint density at radius 2 is 2.11 bits per heavy atom.